The molecule has 0 spiro atoms. The molecular formula is C19H26N2O7. The van der Waals surface area contributed by atoms with E-state index in [1.807, 2.05) is 0 Å². The van der Waals surface area contributed by atoms with Crippen molar-refractivity contribution in [1.29, 1.82) is 0 Å². The van der Waals surface area contributed by atoms with E-state index < -0.39 is 29.7 Å². The van der Waals surface area contributed by atoms with Crippen molar-refractivity contribution in [3.63, 3.8) is 0 Å². The lowest BCUT2D eigenvalue weighted by Gasteiger charge is -2.19. The van der Waals surface area contributed by atoms with E-state index in [1.165, 1.54) is 6.92 Å². The van der Waals surface area contributed by atoms with E-state index in [0.717, 1.165) is 0 Å². The molecule has 1 heterocycles. The number of carbonyl (C=O) groups is 3. The molecule has 0 unspecified atom stereocenters. The molecule has 0 fully saturated rings. The second-order valence-corrected chi connectivity index (χ2v) is 7.22. The van der Waals surface area contributed by atoms with Crippen LogP contribution < -0.4 is 20.1 Å². The molecule has 0 radical (unpaired) electrons. The summed E-state index contributed by atoms with van der Waals surface area (Å²) in [5, 5.41) is 5.21. The van der Waals surface area contributed by atoms with Crippen molar-refractivity contribution in [3.05, 3.63) is 18.2 Å². The van der Waals surface area contributed by atoms with Gasteiger partial charge < -0.3 is 29.6 Å². The molecule has 0 aromatic heterocycles. The first-order valence-corrected chi connectivity index (χ1v) is 9.01. The highest BCUT2D eigenvalue weighted by atomic mass is 16.7. The van der Waals surface area contributed by atoms with Crippen LogP contribution in [0.2, 0.25) is 0 Å². The van der Waals surface area contributed by atoms with E-state index >= 15 is 0 Å². The number of alkyl carbamates (subject to hydrolysis) is 1. The van der Waals surface area contributed by atoms with Crippen LogP contribution in [-0.2, 0) is 19.1 Å². The Morgan fingerprint density at radius 3 is 2.61 bits per heavy atom. The second-order valence-electron chi connectivity index (χ2n) is 7.22. The predicted octanol–water partition coefficient (Wildman–Crippen LogP) is 2.59. The lowest BCUT2D eigenvalue weighted by molar-refractivity contribution is -0.153. The molecule has 1 atom stereocenters. The number of esters is 1. The molecule has 1 aromatic rings. The monoisotopic (exact) mass is 394 g/mol. The van der Waals surface area contributed by atoms with Gasteiger partial charge in [0.1, 0.15) is 5.60 Å². The smallest absolute Gasteiger partial charge is 0.407 e. The molecule has 1 aromatic carbocycles. The molecular weight excluding hydrogens is 368 g/mol. The molecule has 2 rings (SSSR count). The van der Waals surface area contributed by atoms with Gasteiger partial charge in [0.15, 0.2) is 17.6 Å². The van der Waals surface area contributed by atoms with Crippen LogP contribution in [0.4, 0.5) is 10.5 Å². The van der Waals surface area contributed by atoms with Gasteiger partial charge in [0.2, 0.25) is 6.79 Å². The third-order valence-corrected chi connectivity index (χ3v) is 3.54. The minimum Gasteiger partial charge on any atom is -0.454 e. The average molecular weight is 394 g/mol. The molecule has 1 aliphatic rings. The largest absolute Gasteiger partial charge is 0.454 e. The van der Waals surface area contributed by atoms with Crippen LogP contribution in [0.5, 0.6) is 11.5 Å². The van der Waals surface area contributed by atoms with E-state index in [4.69, 9.17) is 18.9 Å². The summed E-state index contributed by atoms with van der Waals surface area (Å²) in [6.45, 7) is 7.18. The van der Waals surface area contributed by atoms with Crippen LogP contribution in [0.1, 0.15) is 40.5 Å². The van der Waals surface area contributed by atoms with E-state index in [2.05, 4.69) is 10.6 Å². The van der Waals surface area contributed by atoms with Crippen LogP contribution in [0.3, 0.4) is 0 Å². The van der Waals surface area contributed by atoms with Gasteiger partial charge in [-0.2, -0.15) is 0 Å². The molecule has 1 aliphatic heterocycles. The molecule has 2 amide bonds. The number of rotatable bonds is 7. The van der Waals surface area contributed by atoms with Gasteiger partial charge in [0, 0.05) is 24.7 Å². The minimum atomic E-state index is -0.961. The van der Waals surface area contributed by atoms with E-state index in [1.54, 1.807) is 39.0 Å². The number of amides is 2. The van der Waals surface area contributed by atoms with Crippen molar-refractivity contribution in [2.24, 2.45) is 0 Å². The molecule has 0 saturated heterocycles. The summed E-state index contributed by atoms with van der Waals surface area (Å²) in [6.07, 6.45) is -1.07. The fourth-order valence-electron chi connectivity index (χ4n) is 2.27. The summed E-state index contributed by atoms with van der Waals surface area (Å²) in [5.41, 5.74) is -0.0669. The molecule has 28 heavy (non-hydrogen) atoms. The maximum atomic E-state index is 12.2. The number of carbonyl (C=O) groups excluding carboxylic acids is 3. The lowest BCUT2D eigenvalue weighted by atomic mass is 10.2. The Morgan fingerprint density at radius 1 is 1.18 bits per heavy atom. The summed E-state index contributed by atoms with van der Waals surface area (Å²) in [5.74, 6) is 0.163. The van der Waals surface area contributed by atoms with Crippen molar-refractivity contribution in [2.45, 2.75) is 52.2 Å². The standard InChI is InChI=1S/C19H26N2O7/c1-12(17(23)21-13-7-8-14-15(10-13)26-11-25-14)27-16(22)6-5-9-20-18(24)28-19(2,3)4/h7-8,10,12H,5-6,9,11H2,1-4H3,(H,20,24)(H,21,23)/t12-/m0/s1. The topological polar surface area (TPSA) is 112 Å². The number of hydrogen-bond donors (Lipinski definition) is 2. The summed E-state index contributed by atoms with van der Waals surface area (Å²) in [4.78, 5) is 35.5. The third kappa shape index (κ3) is 6.98. The molecule has 0 aliphatic carbocycles. The first-order valence-electron chi connectivity index (χ1n) is 9.01. The number of hydrogen-bond acceptors (Lipinski definition) is 7. The van der Waals surface area contributed by atoms with Crippen molar-refractivity contribution >= 4 is 23.7 Å². The van der Waals surface area contributed by atoms with Crippen molar-refractivity contribution in [1.82, 2.24) is 5.32 Å². The second kappa shape index (κ2) is 9.29. The van der Waals surface area contributed by atoms with Crippen molar-refractivity contribution < 1.29 is 33.3 Å². The lowest BCUT2D eigenvalue weighted by Crippen LogP contribution is -2.33. The first kappa shape index (κ1) is 21.3. The average Bonchev–Trinajstić information content (AvgIpc) is 3.04. The number of anilines is 1. The molecule has 0 bridgehead atoms. The molecule has 0 saturated carbocycles. The quantitative estimate of drug-likeness (QED) is 0.540. The van der Waals surface area contributed by atoms with E-state index in [9.17, 15) is 14.4 Å². The Bertz CT molecular complexity index is 727. The van der Waals surface area contributed by atoms with Crippen molar-refractivity contribution in [2.75, 3.05) is 18.7 Å². The first-order chi connectivity index (χ1) is 13.1. The van der Waals surface area contributed by atoms with Gasteiger partial charge in [-0.05, 0) is 46.2 Å². The van der Waals surface area contributed by atoms with Gasteiger partial charge >= 0.3 is 12.1 Å². The number of ether oxygens (including phenoxy) is 4. The summed E-state index contributed by atoms with van der Waals surface area (Å²) >= 11 is 0. The minimum absolute atomic E-state index is 0.0669. The summed E-state index contributed by atoms with van der Waals surface area (Å²) in [7, 11) is 0. The van der Waals surface area contributed by atoms with Crippen LogP contribution in [-0.4, -0.2) is 43.0 Å². The number of nitrogens with one attached hydrogen (secondary N) is 2. The zero-order valence-corrected chi connectivity index (χ0v) is 16.5. The fraction of sp³-hybridized carbons (Fsp3) is 0.526. The number of fused-ring (bicyclic) bond motifs is 1. The molecule has 2 N–H and O–H groups in total. The number of benzene rings is 1. The fourth-order valence-corrected chi connectivity index (χ4v) is 2.27. The van der Waals surface area contributed by atoms with Gasteiger partial charge in [-0.15, -0.1) is 0 Å². The van der Waals surface area contributed by atoms with Crippen LogP contribution in [0.15, 0.2) is 18.2 Å². The Kier molecular flexibility index (Phi) is 7.08. The Labute approximate surface area is 163 Å². The maximum absolute atomic E-state index is 12.2. The summed E-state index contributed by atoms with van der Waals surface area (Å²) < 4.78 is 20.7. The normalized spacial score (nSPS) is 13.4. The highest BCUT2D eigenvalue weighted by Gasteiger charge is 2.20. The predicted molar refractivity (Wildman–Crippen MR) is 100 cm³/mol. The van der Waals surface area contributed by atoms with Gasteiger partial charge in [0.05, 0.1) is 0 Å². The van der Waals surface area contributed by atoms with Gasteiger partial charge in [-0.3, -0.25) is 9.59 Å². The Balaban J connectivity index is 1.67. The highest BCUT2D eigenvalue weighted by molar-refractivity contribution is 5.95. The Hall–Kier alpha value is -2.97. The van der Waals surface area contributed by atoms with Gasteiger partial charge in [-0.1, -0.05) is 0 Å². The Morgan fingerprint density at radius 2 is 1.89 bits per heavy atom. The SMILES string of the molecule is C[C@H](OC(=O)CCCNC(=O)OC(C)(C)C)C(=O)Nc1ccc2c(c1)OCO2. The van der Waals surface area contributed by atoms with E-state index in [0.29, 0.717) is 23.6 Å². The van der Waals surface area contributed by atoms with Crippen molar-refractivity contribution in [3.8, 4) is 11.5 Å². The zero-order chi connectivity index (χ0) is 20.7. The molecule has 9 nitrogen and oxygen atoms in total. The summed E-state index contributed by atoms with van der Waals surface area (Å²) in [6, 6.07) is 4.99. The molecule has 9 heteroatoms. The molecule has 154 valence electrons. The third-order valence-electron chi connectivity index (χ3n) is 3.54. The van der Waals surface area contributed by atoms with Crippen LogP contribution >= 0.6 is 0 Å². The van der Waals surface area contributed by atoms with Crippen LogP contribution in [0, 0.1) is 0 Å². The van der Waals surface area contributed by atoms with Gasteiger partial charge in [0.25, 0.3) is 5.91 Å². The van der Waals surface area contributed by atoms with E-state index in [-0.39, 0.29) is 19.8 Å². The van der Waals surface area contributed by atoms with Gasteiger partial charge in [-0.25, -0.2) is 4.79 Å². The highest BCUT2D eigenvalue weighted by Crippen LogP contribution is 2.34. The zero-order valence-electron chi connectivity index (χ0n) is 16.5. The van der Waals surface area contributed by atoms with Crippen LogP contribution in [0.25, 0.3) is 0 Å². The maximum Gasteiger partial charge on any atom is 0.407 e.